The number of para-hydroxylation sites is 1. The summed E-state index contributed by atoms with van der Waals surface area (Å²) in [6.07, 6.45) is 0. The largest absolute Gasteiger partial charge is 0.494 e. The van der Waals surface area contributed by atoms with Gasteiger partial charge in [-0.15, -0.1) is 5.10 Å². The fraction of sp³-hybridized carbons (Fsp3) is 0.231. The van der Waals surface area contributed by atoms with Crippen LogP contribution in [0.3, 0.4) is 0 Å². The summed E-state index contributed by atoms with van der Waals surface area (Å²) < 4.78 is 24.2. The summed E-state index contributed by atoms with van der Waals surface area (Å²) in [6, 6.07) is 22.5. The molecule has 1 heterocycles. The van der Waals surface area contributed by atoms with Gasteiger partial charge in [0.2, 0.25) is 4.77 Å². The Kier molecular flexibility index (Phi) is 7.01. The van der Waals surface area contributed by atoms with E-state index in [0.717, 1.165) is 17.9 Å². The molecule has 7 heteroatoms. The number of ether oxygens (including phenoxy) is 1. The fourth-order valence-electron chi connectivity index (χ4n) is 3.76. The first-order valence-corrected chi connectivity index (χ1v) is 11.3. The Morgan fingerprint density at radius 1 is 1.00 bits per heavy atom. The number of halogens is 1. The van der Waals surface area contributed by atoms with Crippen molar-refractivity contribution >= 4 is 12.2 Å². The van der Waals surface area contributed by atoms with E-state index in [1.807, 2.05) is 50.4 Å². The molecule has 1 aromatic heterocycles. The first-order chi connectivity index (χ1) is 16.0. The molecule has 0 N–H and O–H groups in total. The van der Waals surface area contributed by atoms with E-state index < -0.39 is 0 Å². The Morgan fingerprint density at radius 3 is 2.39 bits per heavy atom. The highest BCUT2D eigenvalue weighted by Crippen LogP contribution is 2.26. The van der Waals surface area contributed by atoms with Gasteiger partial charge in [-0.05, 0) is 80.6 Å². The number of benzene rings is 3. The summed E-state index contributed by atoms with van der Waals surface area (Å²) in [4.78, 5) is 2.14. The lowest BCUT2D eigenvalue weighted by Gasteiger charge is -2.17. The average Bonchev–Trinajstić information content (AvgIpc) is 3.12. The maximum Gasteiger partial charge on any atom is 0.204 e. The van der Waals surface area contributed by atoms with Crippen LogP contribution in [0.25, 0.3) is 17.1 Å². The highest BCUT2D eigenvalue weighted by Gasteiger charge is 2.18. The van der Waals surface area contributed by atoms with Crippen LogP contribution in [0.2, 0.25) is 0 Å². The molecule has 0 saturated heterocycles. The van der Waals surface area contributed by atoms with Crippen molar-refractivity contribution in [1.82, 2.24) is 19.2 Å². The van der Waals surface area contributed by atoms with Crippen LogP contribution in [-0.4, -0.2) is 32.9 Å². The molecule has 170 valence electrons. The van der Waals surface area contributed by atoms with Gasteiger partial charge in [-0.1, -0.05) is 36.4 Å². The van der Waals surface area contributed by atoms with Crippen LogP contribution < -0.4 is 4.74 Å². The van der Waals surface area contributed by atoms with Crippen molar-refractivity contribution in [2.75, 3.05) is 13.7 Å². The zero-order chi connectivity index (χ0) is 23.4. The summed E-state index contributed by atoms with van der Waals surface area (Å²) in [7, 11) is 2.02. The highest BCUT2D eigenvalue weighted by molar-refractivity contribution is 7.71. The number of hydrogen-bond donors (Lipinski definition) is 0. The monoisotopic (exact) mass is 462 g/mol. The SMILES string of the molecule is CCOc1ccc(-c2nn(CN(C)Cc3ccccc3C)c(=S)n2-c2ccccc2F)cc1. The predicted molar refractivity (Wildman–Crippen MR) is 132 cm³/mol. The molecule has 0 aliphatic rings. The minimum Gasteiger partial charge on any atom is -0.494 e. The number of aromatic nitrogens is 3. The summed E-state index contributed by atoms with van der Waals surface area (Å²) in [5.41, 5.74) is 3.68. The zero-order valence-corrected chi connectivity index (χ0v) is 19.8. The molecule has 0 aliphatic heterocycles. The van der Waals surface area contributed by atoms with Crippen LogP contribution in [0.5, 0.6) is 5.75 Å². The van der Waals surface area contributed by atoms with Crippen LogP contribution >= 0.6 is 12.2 Å². The van der Waals surface area contributed by atoms with Gasteiger partial charge in [-0.25, -0.2) is 9.07 Å². The number of aryl methyl sites for hydroxylation is 1. The molecule has 4 aromatic rings. The predicted octanol–water partition coefficient (Wildman–Crippen LogP) is 6.01. The second kappa shape index (κ2) is 10.1. The van der Waals surface area contributed by atoms with Crippen molar-refractivity contribution < 1.29 is 9.13 Å². The standard InChI is InChI=1S/C26H27FN4OS/c1-4-32-22-15-13-20(14-16-22)25-28-30(18-29(3)17-21-10-6-5-9-19(21)2)26(33)31(25)24-12-8-7-11-23(24)27/h5-16H,4,17-18H2,1-3H3. The number of hydrogen-bond acceptors (Lipinski definition) is 4. The second-order valence-corrected chi connectivity index (χ2v) is 8.30. The third kappa shape index (κ3) is 5.05. The molecule has 0 bridgehead atoms. The van der Waals surface area contributed by atoms with Crippen LogP contribution in [0.1, 0.15) is 18.1 Å². The second-order valence-electron chi connectivity index (χ2n) is 7.93. The van der Waals surface area contributed by atoms with E-state index in [2.05, 4.69) is 24.0 Å². The minimum atomic E-state index is -0.353. The summed E-state index contributed by atoms with van der Waals surface area (Å²) in [5, 5.41) is 4.80. The third-order valence-electron chi connectivity index (χ3n) is 5.43. The summed E-state index contributed by atoms with van der Waals surface area (Å²) >= 11 is 5.78. The topological polar surface area (TPSA) is 35.2 Å². The van der Waals surface area contributed by atoms with Crippen LogP contribution in [0, 0.1) is 17.5 Å². The van der Waals surface area contributed by atoms with Gasteiger partial charge in [0.25, 0.3) is 0 Å². The molecule has 0 saturated carbocycles. The lowest BCUT2D eigenvalue weighted by atomic mass is 10.1. The lowest BCUT2D eigenvalue weighted by molar-refractivity contribution is 0.244. The van der Waals surface area contributed by atoms with Gasteiger partial charge in [0.15, 0.2) is 5.82 Å². The van der Waals surface area contributed by atoms with E-state index in [1.165, 1.54) is 17.2 Å². The molecule has 0 atom stereocenters. The van der Waals surface area contributed by atoms with E-state index >= 15 is 0 Å². The van der Waals surface area contributed by atoms with Gasteiger partial charge in [-0.2, -0.15) is 0 Å². The zero-order valence-electron chi connectivity index (χ0n) is 19.0. The minimum absolute atomic E-state index is 0.353. The summed E-state index contributed by atoms with van der Waals surface area (Å²) in [6.45, 7) is 5.86. The van der Waals surface area contributed by atoms with Crippen LogP contribution in [-0.2, 0) is 13.2 Å². The molecule has 0 unspecified atom stereocenters. The Balaban J connectivity index is 1.73. The normalized spacial score (nSPS) is 11.2. The van der Waals surface area contributed by atoms with Gasteiger partial charge in [0.1, 0.15) is 11.6 Å². The Bertz CT molecular complexity index is 1300. The van der Waals surface area contributed by atoms with Crippen molar-refractivity contribution in [2.45, 2.75) is 27.1 Å². The van der Waals surface area contributed by atoms with Gasteiger partial charge in [0, 0.05) is 12.1 Å². The molecular formula is C26H27FN4OS. The van der Waals surface area contributed by atoms with Crippen molar-refractivity contribution in [3.63, 3.8) is 0 Å². The van der Waals surface area contributed by atoms with Gasteiger partial charge in [-0.3, -0.25) is 9.47 Å². The molecule has 4 rings (SSSR count). The Hall–Kier alpha value is -3.29. The highest BCUT2D eigenvalue weighted by atomic mass is 32.1. The Labute approximate surface area is 198 Å². The van der Waals surface area contributed by atoms with E-state index in [9.17, 15) is 4.39 Å². The maximum atomic E-state index is 14.8. The van der Waals surface area contributed by atoms with Crippen molar-refractivity contribution in [1.29, 1.82) is 0 Å². The number of nitrogens with zero attached hydrogens (tertiary/aromatic N) is 4. The molecule has 5 nitrogen and oxygen atoms in total. The fourth-order valence-corrected chi connectivity index (χ4v) is 4.04. The van der Waals surface area contributed by atoms with E-state index in [0.29, 0.717) is 29.6 Å². The summed E-state index contributed by atoms with van der Waals surface area (Å²) in [5.74, 6) is 1.00. The van der Waals surface area contributed by atoms with Crippen molar-refractivity contribution in [3.05, 3.63) is 94.5 Å². The van der Waals surface area contributed by atoms with E-state index in [1.54, 1.807) is 27.4 Å². The van der Waals surface area contributed by atoms with E-state index in [-0.39, 0.29) is 5.82 Å². The molecular weight excluding hydrogens is 435 g/mol. The average molecular weight is 463 g/mol. The third-order valence-corrected chi connectivity index (χ3v) is 5.83. The van der Waals surface area contributed by atoms with Gasteiger partial charge >= 0.3 is 0 Å². The Morgan fingerprint density at radius 2 is 1.70 bits per heavy atom. The molecule has 0 radical (unpaired) electrons. The molecule has 3 aromatic carbocycles. The van der Waals surface area contributed by atoms with Crippen molar-refractivity contribution in [3.8, 4) is 22.8 Å². The first-order valence-electron chi connectivity index (χ1n) is 10.9. The van der Waals surface area contributed by atoms with Crippen LogP contribution in [0.15, 0.2) is 72.8 Å². The molecule has 33 heavy (non-hydrogen) atoms. The molecule has 0 fully saturated rings. The van der Waals surface area contributed by atoms with Crippen molar-refractivity contribution in [2.24, 2.45) is 0 Å². The molecule has 0 amide bonds. The van der Waals surface area contributed by atoms with Gasteiger partial charge in [0.05, 0.1) is 19.0 Å². The van der Waals surface area contributed by atoms with E-state index in [4.69, 9.17) is 22.1 Å². The lowest BCUT2D eigenvalue weighted by Crippen LogP contribution is -2.23. The number of rotatable bonds is 8. The smallest absolute Gasteiger partial charge is 0.204 e. The molecule has 0 spiro atoms. The molecule has 0 aliphatic carbocycles. The van der Waals surface area contributed by atoms with Crippen LogP contribution in [0.4, 0.5) is 4.39 Å². The maximum absolute atomic E-state index is 14.8. The quantitative estimate of drug-likeness (QED) is 0.301. The first kappa shape index (κ1) is 22.9. The van der Waals surface area contributed by atoms with Gasteiger partial charge < -0.3 is 4.74 Å².